The van der Waals surface area contributed by atoms with Crippen molar-refractivity contribution >= 4 is 10.8 Å². The van der Waals surface area contributed by atoms with Crippen molar-refractivity contribution in [1.29, 1.82) is 0 Å². The van der Waals surface area contributed by atoms with Crippen molar-refractivity contribution in [2.75, 3.05) is 7.11 Å². The van der Waals surface area contributed by atoms with E-state index in [1.165, 1.54) is 16.3 Å². The zero-order valence-corrected chi connectivity index (χ0v) is 11.3. The van der Waals surface area contributed by atoms with Crippen LogP contribution in [-0.2, 0) is 11.3 Å². The Balaban J connectivity index is 2.12. The summed E-state index contributed by atoms with van der Waals surface area (Å²) in [4.78, 5) is 0. The minimum atomic E-state index is 0.222. The van der Waals surface area contributed by atoms with Gasteiger partial charge in [0.25, 0.3) is 0 Å². The molecule has 0 spiro atoms. The van der Waals surface area contributed by atoms with Crippen LogP contribution in [-0.4, -0.2) is 19.3 Å². The minimum Gasteiger partial charge on any atom is -0.380 e. The third-order valence-electron chi connectivity index (χ3n) is 3.57. The van der Waals surface area contributed by atoms with Gasteiger partial charge in [-0.05, 0) is 30.2 Å². The number of methoxy groups -OCH3 is 1. The number of rotatable bonds is 5. The van der Waals surface area contributed by atoms with Gasteiger partial charge in [0.05, 0.1) is 6.10 Å². The lowest BCUT2D eigenvalue weighted by Gasteiger charge is -2.20. The first kappa shape index (κ1) is 13.1. The number of benzene rings is 2. The lowest BCUT2D eigenvalue weighted by atomic mass is 10.0. The van der Waals surface area contributed by atoms with Crippen molar-refractivity contribution in [3.63, 3.8) is 0 Å². The van der Waals surface area contributed by atoms with E-state index in [0.29, 0.717) is 6.04 Å². The third-order valence-corrected chi connectivity index (χ3v) is 3.57. The van der Waals surface area contributed by atoms with E-state index in [1.54, 1.807) is 7.11 Å². The molecule has 0 saturated carbocycles. The summed E-state index contributed by atoms with van der Waals surface area (Å²) in [5.41, 5.74) is 1.34. The summed E-state index contributed by atoms with van der Waals surface area (Å²) in [6, 6.07) is 15.3. The van der Waals surface area contributed by atoms with Gasteiger partial charge in [-0.15, -0.1) is 0 Å². The monoisotopic (exact) mass is 243 g/mol. The van der Waals surface area contributed by atoms with E-state index in [-0.39, 0.29) is 6.10 Å². The lowest BCUT2D eigenvalue weighted by Crippen LogP contribution is -2.36. The molecule has 0 fully saturated rings. The van der Waals surface area contributed by atoms with Gasteiger partial charge >= 0.3 is 0 Å². The first-order chi connectivity index (χ1) is 8.72. The molecule has 2 aromatic rings. The van der Waals surface area contributed by atoms with E-state index in [4.69, 9.17) is 4.74 Å². The van der Waals surface area contributed by atoms with Gasteiger partial charge in [-0.1, -0.05) is 42.5 Å². The molecule has 0 aromatic heterocycles. The lowest BCUT2D eigenvalue weighted by molar-refractivity contribution is 0.0882. The maximum atomic E-state index is 5.33. The highest BCUT2D eigenvalue weighted by atomic mass is 16.5. The first-order valence-electron chi connectivity index (χ1n) is 6.45. The van der Waals surface area contributed by atoms with Crippen LogP contribution in [0, 0.1) is 0 Å². The molecule has 96 valence electrons. The molecule has 0 radical (unpaired) electrons. The van der Waals surface area contributed by atoms with Crippen molar-refractivity contribution in [1.82, 2.24) is 5.32 Å². The van der Waals surface area contributed by atoms with Crippen molar-refractivity contribution < 1.29 is 4.74 Å². The van der Waals surface area contributed by atoms with E-state index < -0.39 is 0 Å². The molecule has 0 saturated heterocycles. The molecule has 0 aliphatic heterocycles. The molecule has 2 unspecified atom stereocenters. The Morgan fingerprint density at radius 2 is 1.78 bits per heavy atom. The fourth-order valence-corrected chi connectivity index (χ4v) is 2.09. The summed E-state index contributed by atoms with van der Waals surface area (Å²) in [7, 11) is 1.75. The predicted octanol–water partition coefficient (Wildman–Crippen LogP) is 3.35. The second-order valence-electron chi connectivity index (χ2n) is 4.75. The zero-order valence-electron chi connectivity index (χ0n) is 11.3. The molecule has 0 aliphatic carbocycles. The van der Waals surface area contributed by atoms with E-state index in [0.717, 1.165) is 6.54 Å². The van der Waals surface area contributed by atoms with Crippen LogP contribution in [0.5, 0.6) is 0 Å². The van der Waals surface area contributed by atoms with Crippen LogP contribution >= 0.6 is 0 Å². The summed E-state index contributed by atoms with van der Waals surface area (Å²) in [5, 5.41) is 6.14. The molecular formula is C16H21NO. The Hall–Kier alpha value is -1.38. The second-order valence-corrected chi connectivity index (χ2v) is 4.75. The molecule has 2 aromatic carbocycles. The summed E-state index contributed by atoms with van der Waals surface area (Å²) in [5.74, 6) is 0. The van der Waals surface area contributed by atoms with Gasteiger partial charge in [0.2, 0.25) is 0 Å². The summed E-state index contributed by atoms with van der Waals surface area (Å²) < 4.78 is 5.33. The van der Waals surface area contributed by atoms with Crippen LogP contribution < -0.4 is 5.32 Å². The van der Waals surface area contributed by atoms with Crippen LogP contribution in [0.25, 0.3) is 10.8 Å². The van der Waals surface area contributed by atoms with Crippen molar-refractivity contribution in [2.45, 2.75) is 32.5 Å². The molecule has 2 rings (SSSR count). The largest absolute Gasteiger partial charge is 0.380 e. The Bertz CT molecular complexity index is 504. The molecule has 0 heterocycles. The number of fused-ring (bicyclic) bond motifs is 1. The highest BCUT2D eigenvalue weighted by Gasteiger charge is 2.10. The molecule has 2 nitrogen and oxygen atoms in total. The third kappa shape index (κ3) is 2.89. The highest BCUT2D eigenvalue weighted by molar-refractivity contribution is 5.85. The summed E-state index contributed by atoms with van der Waals surface area (Å²) >= 11 is 0. The average Bonchev–Trinajstić information content (AvgIpc) is 2.43. The zero-order chi connectivity index (χ0) is 13.0. The average molecular weight is 243 g/mol. The standard InChI is InChI=1S/C16H21NO/c1-12(13(2)18-3)17-11-15-9-6-8-14-7-4-5-10-16(14)15/h4-10,12-13,17H,11H2,1-3H3. The fourth-order valence-electron chi connectivity index (χ4n) is 2.09. The van der Waals surface area contributed by atoms with Gasteiger partial charge in [0, 0.05) is 19.7 Å². The molecule has 0 bridgehead atoms. The Morgan fingerprint density at radius 3 is 2.56 bits per heavy atom. The molecular weight excluding hydrogens is 222 g/mol. The minimum absolute atomic E-state index is 0.222. The van der Waals surface area contributed by atoms with E-state index >= 15 is 0 Å². The molecule has 0 amide bonds. The Morgan fingerprint density at radius 1 is 1.06 bits per heavy atom. The number of hydrogen-bond acceptors (Lipinski definition) is 2. The fraction of sp³-hybridized carbons (Fsp3) is 0.375. The van der Waals surface area contributed by atoms with Crippen LogP contribution in [0.3, 0.4) is 0 Å². The smallest absolute Gasteiger partial charge is 0.0693 e. The van der Waals surface area contributed by atoms with Gasteiger partial charge in [-0.2, -0.15) is 0 Å². The quantitative estimate of drug-likeness (QED) is 0.869. The van der Waals surface area contributed by atoms with Gasteiger partial charge < -0.3 is 10.1 Å². The van der Waals surface area contributed by atoms with E-state index in [9.17, 15) is 0 Å². The molecule has 0 aliphatic rings. The van der Waals surface area contributed by atoms with Gasteiger partial charge in [-0.25, -0.2) is 0 Å². The molecule has 18 heavy (non-hydrogen) atoms. The van der Waals surface area contributed by atoms with Gasteiger partial charge in [0.15, 0.2) is 0 Å². The number of nitrogens with one attached hydrogen (secondary N) is 1. The SMILES string of the molecule is COC(C)C(C)NCc1cccc2ccccc12. The maximum absolute atomic E-state index is 5.33. The van der Waals surface area contributed by atoms with Crippen molar-refractivity contribution in [3.05, 3.63) is 48.0 Å². The topological polar surface area (TPSA) is 21.3 Å². The molecule has 1 N–H and O–H groups in total. The van der Waals surface area contributed by atoms with Crippen LogP contribution in [0.2, 0.25) is 0 Å². The predicted molar refractivity (Wildman–Crippen MR) is 76.7 cm³/mol. The Kier molecular flexibility index (Phi) is 4.34. The van der Waals surface area contributed by atoms with Crippen LogP contribution in [0.4, 0.5) is 0 Å². The van der Waals surface area contributed by atoms with Crippen LogP contribution in [0.1, 0.15) is 19.4 Å². The van der Waals surface area contributed by atoms with Crippen LogP contribution in [0.15, 0.2) is 42.5 Å². The first-order valence-corrected chi connectivity index (χ1v) is 6.45. The maximum Gasteiger partial charge on any atom is 0.0693 e. The second kappa shape index (κ2) is 5.98. The highest BCUT2D eigenvalue weighted by Crippen LogP contribution is 2.18. The number of ether oxygens (including phenoxy) is 1. The normalized spacial score (nSPS) is 14.6. The van der Waals surface area contributed by atoms with Crippen molar-refractivity contribution in [3.8, 4) is 0 Å². The Labute approximate surface area is 109 Å². The summed E-state index contributed by atoms with van der Waals surface area (Å²) in [6.45, 7) is 5.11. The van der Waals surface area contributed by atoms with Gasteiger partial charge in [-0.3, -0.25) is 0 Å². The van der Waals surface area contributed by atoms with E-state index in [1.807, 2.05) is 0 Å². The van der Waals surface area contributed by atoms with Crippen molar-refractivity contribution in [2.24, 2.45) is 0 Å². The van der Waals surface area contributed by atoms with Gasteiger partial charge in [0.1, 0.15) is 0 Å². The molecule has 2 atom stereocenters. The molecule has 2 heteroatoms. The summed E-state index contributed by atoms with van der Waals surface area (Å²) in [6.07, 6.45) is 0.222. The number of hydrogen-bond donors (Lipinski definition) is 1. The van der Waals surface area contributed by atoms with E-state index in [2.05, 4.69) is 61.6 Å².